The van der Waals surface area contributed by atoms with E-state index in [0.29, 0.717) is 12.3 Å². The van der Waals surface area contributed by atoms with Crippen molar-refractivity contribution >= 4 is 5.97 Å². The molecule has 1 aromatic heterocycles. The zero-order valence-corrected chi connectivity index (χ0v) is 11.5. The Morgan fingerprint density at radius 1 is 1.53 bits per heavy atom. The van der Waals surface area contributed by atoms with Crippen LogP contribution < -0.4 is 0 Å². The van der Waals surface area contributed by atoms with Crippen molar-refractivity contribution in [3.8, 4) is 6.07 Å². The smallest absolute Gasteiger partial charge is 0.342 e. The van der Waals surface area contributed by atoms with Crippen LogP contribution in [-0.2, 0) is 10.3 Å². The third kappa shape index (κ3) is 2.48. The molecule has 0 aliphatic heterocycles. The first kappa shape index (κ1) is 13.6. The van der Waals surface area contributed by atoms with E-state index in [9.17, 15) is 10.1 Å². The van der Waals surface area contributed by atoms with Crippen molar-refractivity contribution < 1.29 is 9.53 Å². The highest BCUT2D eigenvalue weighted by molar-refractivity contribution is 5.91. The predicted octanol–water partition coefficient (Wildman–Crippen LogP) is 2.61. The van der Waals surface area contributed by atoms with Crippen LogP contribution in [0.2, 0.25) is 0 Å². The molecule has 1 aliphatic carbocycles. The fourth-order valence-corrected chi connectivity index (χ4v) is 2.75. The van der Waals surface area contributed by atoms with Crippen LogP contribution in [-0.4, -0.2) is 22.4 Å². The van der Waals surface area contributed by atoms with Crippen LogP contribution in [0.15, 0.2) is 6.20 Å². The fraction of sp³-hybridized carbons (Fsp3) is 0.643. The second-order valence-electron chi connectivity index (χ2n) is 5.21. The summed E-state index contributed by atoms with van der Waals surface area (Å²) in [5.74, 6) is -0.468. The molecule has 0 spiro atoms. The molecule has 0 aromatic carbocycles. The topological polar surface area (TPSA) is 67.9 Å². The Bertz CT molecular complexity index is 507. The number of rotatable bonds is 3. The molecular weight excluding hydrogens is 242 g/mol. The van der Waals surface area contributed by atoms with Crippen LogP contribution in [0.5, 0.6) is 0 Å². The summed E-state index contributed by atoms with van der Waals surface area (Å²) >= 11 is 0. The van der Waals surface area contributed by atoms with Gasteiger partial charge in [-0.05, 0) is 26.7 Å². The largest absolute Gasteiger partial charge is 0.462 e. The Labute approximate surface area is 113 Å². The number of hydrogen-bond donors (Lipinski definition) is 0. The third-order valence-electron chi connectivity index (χ3n) is 3.81. The van der Waals surface area contributed by atoms with Crippen molar-refractivity contribution in [3.63, 3.8) is 0 Å². The van der Waals surface area contributed by atoms with Crippen LogP contribution in [0.3, 0.4) is 0 Å². The normalized spacial score (nSPS) is 17.7. The van der Waals surface area contributed by atoms with Crippen molar-refractivity contribution in [3.05, 3.63) is 17.5 Å². The Kier molecular flexibility index (Phi) is 3.89. The highest BCUT2D eigenvalue weighted by Gasteiger charge is 2.33. The number of ether oxygens (including phenoxy) is 1. The zero-order valence-electron chi connectivity index (χ0n) is 11.5. The lowest BCUT2D eigenvalue weighted by molar-refractivity contribution is 0.0525. The minimum Gasteiger partial charge on any atom is -0.462 e. The fourth-order valence-electron chi connectivity index (χ4n) is 2.75. The number of hydrogen-bond acceptors (Lipinski definition) is 4. The molecule has 19 heavy (non-hydrogen) atoms. The molecule has 0 atom stereocenters. The van der Waals surface area contributed by atoms with Gasteiger partial charge in [-0.15, -0.1) is 0 Å². The van der Waals surface area contributed by atoms with E-state index >= 15 is 0 Å². The number of carbonyl (C=O) groups is 1. The SMILES string of the molecule is CCOC(=O)c1cnn(C2(C)CCCCC2)c1C#N. The summed E-state index contributed by atoms with van der Waals surface area (Å²) in [6.07, 6.45) is 6.93. The maximum Gasteiger partial charge on any atom is 0.342 e. The lowest BCUT2D eigenvalue weighted by atomic mass is 9.83. The zero-order chi connectivity index (χ0) is 13.9. The number of aromatic nitrogens is 2. The Balaban J connectivity index is 2.37. The minimum atomic E-state index is -0.468. The van der Waals surface area contributed by atoms with Gasteiger partial charge in [0, 0.05) is 0 Å². The van der Waals surface area contributed by atoms with Gasteiger partial charge in [-0.2, -0.15) is 10.4 Å². The van der Waals surface area contributed by atoms with Crippen LogP contribution in [0, 0.1) is 11.3 Å². The summed E-state index contributed by atoms with van der Waals surface area (Å²) in [7, 11) is 0. The van der Waals surface area contributed by atoms with Gasteiger partial charge in [0.1, 0.15) is 11.6 Å². The van der Waals surface area contributed by atoms with E-state index in [0.717, 1.165) is 25.7 Å². The number of esters is 1. The number of nitrogens with zero attached hydrogens (tertiary/aromatic N) is 3. The van der Waals surface area contributed by atoms with Crippen molar-refractivity contribution in [1.29, 1.82) is 5.26 Å². The molecule has 5 heteroatoms. The first-order valence-electron chi connectivity index (χ1n) is 6.78. The Morgan fingerprint density at radius 3 is 2.79 bits per heavy atom. The van der Waals surface area contributed by atoms with Crippen molar-refractivity contribution in [2.45, 2.75) is 51.5 Å². The molecule has 1 heterocycles. The van der Waals surface area contributed by atoms with E-state index in [2.05, 4.69) is 18.1 Å². The summed E-state index contributed by atoms with van der Waals surface area (Å²) in [6, 6.07) is 2.11. The van der Waals surface area contributed by atoms with Crippen LogP contribution in [0.4, 0.5) is 0 Å². The van der Waals surface area contributed by atoms with Crippen molar-refractivity contribution in [1.82, 2.24) is 9.78 Å². The molecule has 1 aliphatic rings. The number of nitriles is 1. The van der Waals surface area contributed by atoms with Gasteiger partial charge in [-0.1, -0.05) is 19.3 Å². The first-order valence-corrected chi connectivity index (χ1v) is 6.78. The summed E-state index contributed by atoms with van der Waals surface area (Å²) in [5, 5.41) is 13.6. The Morgan fingerprint density at radius 2 is 2.21 bits per heavy atom. The molecule has 0 radical (unpaired) electrons. The molecule has 2 rings (SSSR count). The maximum atomic E-state index is 11.8. The third-order valence-corrected chi connectivity index (χ3v) is 3.81. The van der Waals surface area contributed by atoms with E-state index < -0.39 is 5.97 Å². The van der Waals surface area contributed by atoms with Gasteiger partial charge in [0.25, 0.3) is 0 Å². The van der Waals surface area contributed by atoms with Crippen LogP contribution >= 0.6 is 0 Å². The highest BCUT2D eigenvalue weighted by Crippen LogP contribution is 2.35. The monoisotopic (exact) mass is 261 g/mol. The lowest BCUT2D eigenvalue weighted by Gasteiger charge is -2.34. The van der Waals surface area contributed by atoms with Gasteiger partial charge in [0.2, 0.25) is 0 Å². The molecule has 0 saturated heterocycles. The molecule has 1 fully saturated rings. The molecule has 5 nitrogen and oxygen atoms in total. The first-order chi connectivity index (χ1) is 9.12. The minimum absolute atomic E-state index is 0.159. The Hall–Kier alpha value is -1.83. The van der Waals surface area contributed by atoms with Gasteiger partial charge in [0.15, 0.2) is 5.69 Å². The quantitative estimate of drug-likeness (QED) is 0.784. The summed E-state index contributed by atoms with van der Waals surface area (Å²) in [5.41, 5.74) is 0.438. The number of carbonyl (C=O) groups excluding carboxylic acids is 1. The van der Waals surface area contributed by atoms with Crippen LogP contribution in [0.1, 0.15) is 62.0 Å². The average molecular weight is 261 g/mol. The highest BCUT2D eigenvalue weighted by atomic mass is 16.5. The van der Waals surface area contributed by atoms with Gasteiger partial charge >= 0.3 is 5.97 Å². The van der Waals surface area contributed by atoms with Gasteiger partial charge < -0.3 is 4.74 Å². The van der Waals surface area contributed by atoms with E-state index in [1.165, 1.54) is 12.6 Å². The van der Waals surface area contributed by atoms with Crippen LogP contribution in [0.25, 0.3) is 0 Å². The van der Waals surface area contributed by atoms with E-state index in [1.54, 1.807) is 11.6 Å². The molecule has 0 N–H and O–H groups in total. The molecule has 0 unspecified atom stereocenters. The van der Waals surface area contributed by atoms with E-state index in [-0.39, 0.29) is 11.1 Å². The molecule has 102 valence electrons. The van der Waals surface area contributed by atoms with Crippen molar-refractivity contribution in [2.24, 2.45) is 0 Å². The van der Waals surface area contributed by atoms with E-state index in [1.807, 2.05) is 0 Å². The van der Waals surface area contributed by atoms with E-state index in [4.69, 9.17) is 4.74 Å². The predicted molar refractivity (Wildman–Crippen MR) is 69.6 cm³/mol. The lowest BCUT2D eigenvalue weighted by Crippen LogP contribution is -2.34. The van der Waals surface area contributed by atoms with Gasteiger partial charge in [-0.3, -0.25) is 0 Å². The summed E-state index contributed by atoms with van der Waals surface area (Å²) < 4.78 is 6.68. The second kappa shape index (κ2) is 5.43. The molecule has 1 aromatic rings. The summed E-state index contributed by atoms with van der Waals surface area (Å²) in [4.78, 5) is 11.8. The summed E-state index contributed by atoms with van der Waals surface area (Å²) in [6.45, 7) is 4.15. The maximum absolute atomic E-state index is 11.8. The molecule has 1 saturated carbocycles. The molecule has 0 bridgehead atoms. The average Bonchev–Trinajstić information content (AvgIpc) is 2.84. The standard InChI is InChI=1S/C14H19N3O2/c1-3-19-13(18)11-10-16-17(12(11)9-15)14(2)7-5-4-6-8-14/h10H,3-8H2,1-2H3. The molecule has 0 amide bonds. The second-order valence-corrected chi connectivity index (χ2v) is 5.21. The molecular formula is C14H19N3O2. The van der Waals surface area contributed by atoms with Gasteiger partial charge in [-0.25, -0.2) is 9.48 Å². The van der Waals surface area contributed by atoms with Gasteiger partial charge in [0.05, 0.1) is 18.3 Å². The van der Waals surface area contributed by atoms with Crippen molar-refractivity contribution in [2.75, 3.05) is 6.61 Å².